The highest BCUT2D eigenvalue weighted by atomic mass is 32.2. The molecule has 1 heterocycles. The van der Waals surface area contributed by atoms with Gasteiger partial charge in [0.25, 0.3) is 10.0 Å². The maximum atomic E-state index is 13.5. The fourth-order valence-corrected chi connectivity index (χ4v) is 6.10. The molecule has 0 radical (unpaired) electrons. The number of carbonyl (C=O) groups excluding carboxylic acids is 2. The van der Waals surface area contributed by atoms with Crippen molar-refractivity contribution in [1.82, 2.24) is 15.0 Å². The van der Waals surface area contributed by atoms with E-state index in [1.54, 1.807) is 58.2 Å². The SMILES string of the molecule is CCCC(=O)N(Cc1ccc(-c2ccccc2S(=O)(=O)Nc2onc(C)c2C)c(COC)c1)C(C(=O)N(C)C)C(C)C. The number of nitrogens with zero attached hydrogens (tertiary/aromatic N) is 3. The quantitative estimate of drug-likeness (QED) is 0.289. The summed E-state index contributed by atoms with van der Waals surface area (Å²) in [6.45, 7) is 9.71. The van der Waals surface area contributed by atoms with Gasteiger partial charge in [-0.2, -0.15) is 0 Å². The fraction of sp³-hybridized carbons (Fsp3) is 0.452. The molecule has 0 saturated heterocycles. The first-order valence-electron chi connectivity index (χ1n) is 14.0. The van der Waals surface area contributed by atoms with Gasteiger partial charge in [-0.05, 0) is 48.9 Å². The normalized spacial score (nSPS) is 12.3. The minimum atomic E-state index is -4.04. The third kappa shape index (κ3) is 7.38. The molecule has 3 rings (SSSR count). The highest BCUT2D eigenvalue weighted by Gasteiger charge is 2.33. The van der Waals surface area contributed by atoms with E-state index in [2.05, 4.69) is 9.88 Å². The van der Waals surface area contributed by atoms with E-state index in [0.717, 1.165) is 11.1 Å². The third-order valence-electron chi connectivity index (χ3n) is 7.12. The van der Waals surface area contributed by atoms with Crippen LogP contribution in [0.25, 0.3) is 11.1 Å². The second-order valence-corrected chi connectivity index (χ2v) is 12.6. The molecular weight excluding hydrogens is 556 g/mol. The first-order valence-corrected chi connectivity index (χ1v) is 15.5. The van der Waals surface area contributed by atoms with Crippen molar-refractivity contribution in [2.75, 3.05) is 25.9 Å². The number of anilines is 1. The van der Waals surface area contributed by atoms with Crippen LogP contribution in [0, 0.1) is 19.8 Å². The highest BCUT2D eigenvalue weighted by Crippen LogP contribution is 2.33. The molecule has 1 aromatic heterocycles. The van der Waals surface area contributed by atoms with Crippen molar-refractivity contribution in [2.45, 2.75) is 71.5 Å². The zero-order chi connectivity index (χ0) is 31.2. The highest BCUT2D eigenvalue weighted by molar-refractivity contribution is 7.92. The molecule has 0 aliphatic rings. The molecule has 10 nitrogen and oxygen atoms in total. The van der Waals surface area contributed by atoms with Crippen molar-refractivity contribution >= 4 is 27.7 Å². The summed E-state index contributed by atoms with van der Waals surface area (Å²) in [5.74, 6) is -0.255. The molecule has 1 atom stereocenters. The lowest BCUT2D eigenvalue weighted by Gasteiger charge is -2.35. The van der Waals surface area contributed by atoms with Crippen LogP contribution in [0.3, 0.4) is 0 Å². The molecule has 1 N–H and O–H groups in total. The van der Waals surface area contributed by atoms with Crippen LogP contribution >= 0.6 is 0 Å². The molecule has 3 aromatic rings. The number of sulfonamides is 1. The number of aryl methyl sites for hydroxylation is 1. The number of nitrogens with one attached hydrogen (secondary N) is 1. The van der Waals surface area contributed by atoms with Crippen LogP contribution in [0.1, 0.15) is 56.0 Å². The largest absolute Gasteiger partial charge is 0.380 e. The van der Waals surface area contributed by atoms with E-state index < -0.39 is 16.1 Å². The van der Waals surface area contributed by atoms with Gasteiger partial charge in [-0.1, -0.05) is 62.3 Å². The van der Waals surface area contributed by atoms with E-state index in [0.29, 0.717) is 35.2 Å². The molecule has 2 aromatic carbocycles. The van der Waals surface area contributed by atoms with Crippen LogP contribution in [-0.2, 0) is 37.5 Å². The molecule has 0 fully saturated rings. The molecule has 0 bridgehead atoms. The van der Waals surface area contributed by atoms with Gasteiger partial charge in [0, 0.05) is 45.3 Å². The standard InChI is InChI=1S/C31H42N4O6S/c1-9-12-28(36)35(29(20(2)3)31(37)34(6)7)18-23-15-16-25(24(17-23)19-40-8)26-13-10-11-14-27(26)42(38,39)33-30-21(4)22(5)32-41-30/h10-11,13-17,20,29,33H,9,12,18-19H2,1-8H3. The molecule has 2 amide bonds. The van der Waals surface area contributed by atoms with Crippen molar-refractivity contribution in [3.8, 4) is 11.1 Å². The van der Waals surface area contributed by atoms with Gasteiger partial charge in [-0.15, -0.1) is 0 Å². The number of hydrogen-bond donors (Lipinski definition) is 1. The van der Waals surface area contributed by atoms with E-state index >= 15 is 0 Å². The summed E-state index contributed by atoms with van der Waals surface area (Å²) in [5.41, 5.74) is 3.90. The second kappa shape index (κ2) is 14.0. The number of benzene rings is 2. The minimum Gasteiger partial charge on any atom is -0.380 e. The zero-order valence-corrected chi connectivity index (χ0v) is 26.5. The predicted octanol–water partition coefficient (Wildman–Crippen LogP) is 5.15. The number of likely N-dealkylation sites (N-methyl/N-ethyl adjacent to an activating group) is 1. The average Bonchev–Trinajstić information content (AvgIpc) is 3.24. The number of carbonyl (C=O) groups is 2. The summed E-state index contributed by atoms with van der Waals surface area (Å²) in [7, 11) is 0.912. The molecule has 11 heteroatoms. The van der Waals surface area contributed by atoms with Gasteiger partial charge in [0.15, 0.2) is 0 Å². The van der Waals surface area contributed by atoms with Crippen LogP contribution in [-0.4, -0.2) is 62.4 Å². The first kappa shape index (κ1) is 32.8. The van der Waals surface area contributed by atoms with Crippen LogP contribution < -0.4 is 4.72 Å². The number of hydrogen-bond acceptors (Lipinski definition) is 7. The smallest absolute Gasteiger partial charge is 0.264 e. The van der Waals surface area contributed by atoms with E-state index in [1.807, 2.05) is 39.0 Å². The number of methoxy groups -OCH3 is 1. The Labute approximate surface area is 249 Å². The fourth-order valence-electron chi connectivity index (χ4n) is 4.83. The van der Waals surface area contributed by atoms with Gasteiger partial charge < -0.3 is 19.1 Å². The topological polar surface area (TPSA) is 122 Å². The van der Waals surface area contributed by atoms with Crippen LogP contribution in [0.5, 0.6) is 0 Å². The summed E-state index contributed by atoms with van der Waals surface area (Å²) in [6, 6.07) is 11.7. The maximum Gasteiger partial charge on any atom is 0.264 e. The van der Waals surface area contributed by atoms with Gasteiger partial charge in [0.2, 0.25) is 17.7 Å². The Morgan fingerprint density at radius 1 is 1.07 bits per heavy atom. The Morgan fingerprint density at radius 3 is 2.33 bits per heavy atom. The number of aromatic nitrogens is 1. The van der Waals surface area contributed by atoms with Crippen molar-refractivity contribution in [3.05, 3.63) is 64.8 Å². The van der Waals surface area contributed by atoms with E-state index in [4.69, 9.17) is 9.26 Å². The zero-order valence-electron chi connectivity index (χ0n) is 25.7. The lowest BCUT2D eigenvalue weighted by atomic mass is 9.96. The third-order valence-corrected chi connectivity index (χ3v) is 8.51. The van der Waals surface area contributed by atoms with Gasteiger partial charge in [-0.3, -0.25) is 9.59 Å². The predicted molar refractivity (Wildman–Crippen MR) is 162 cm³/mol. The van der Waals surface area contributed by atoms with E-state index in [-0.39, 0.29) is 41.7 Å². The lowest BCUT2D eigenvalue weighted by molar-refractivity contribution is -0.147. The summed E-state index contributed by atoms with van der Waals surface area (Å²) in [4.78, 5) is 29.7. The summed E-state index contributed by atoms with van der Waals surface area (Å²) in [5, 5.41) is 3.84. The van der Waals surface area contributed by atoms with Gasteiger partial charge in [0.05, 0.1) is 17.2 Å². The van der Waals surface area contributed by atoms with Crippen molar-refractivity contribution in [3.63, 3.8) is 0 Å². The second-order valence-electron chi connectivity index (χ2n) is 10.9. The molecule has 42 heavy (non-hydrogen) atoms. The summed E-state index contributed by atoms with van der Waals surface area (Å²) in [6.07, 6.45) is 0.992. The number of amides is 2. The van der Waals surface area contributed by atoms with Crippen LogP contribution in [0.4, 0.5) is 5.88 Å². The van der Waals surface area contributed by atoms with Gasteiger partial charge >= 0.3 is 0 Å². The lowest BCUT2D eigenvalue weighted by Crippen LogP contribution is -2.51. The molecule has 0 aliphatic heterocycles. The molecule has 1 unspecified atom stereocenters. The molecule has 0 spiro atoms. The Hall–Kier alpha value is -3.70. The molecule has 0 aliphatic carbocycles. The van der Waals surface area contributed by atoms with Gasteiger partial charge in [0.1, 0.15) is 6.04 Å². The maximum absolute atomic E-state index is 13.5. The minimum absolute atomic E-state index is 0.0681. The van der Waals surface area contributed by atoms with Crippen molar-refractivity contribution in [1.29, 1.82) is 0 Å². The van der Waals surface area contributed by atoms with Gasteiger partial charge in [-0.25, -0.2) is 13.1 Å². The van der Waals surface area contributed by atoms with Crippen LogP contribution in [0.15, 0.2) is 51.9 Å². The molecule has 0 saturated carbocycles. The Kier molecular flexibility index (Phi) is 10.9. The van der Waals surface area contributed by atoms with E-state index in [9.17, 15) is 18.0 Å². The monoisotopic (exact) mass is 598 g/mol. The first-order chi connectivity index (χ1) is 19.8. The Morgan fingerprint density at radius 2 is 1.76 bits per heavy atom. The molecular formula is C31H42N4O6S. The van der Waals surface area contributed by atoms with E-state index in [1.165, 1.54) is 11.0 Å². The Bertz CT molecular complexity index is 1510. The number of ether oxygens (including phenoxy) is 1. The number of rotatable bonds is 13. The van der Waals surface area contributed by atoms with Crippen molar-refractivity contribution in [2.24, 2.45) is 5.92 Å². The summed E-state index contributed by atoms with van der Waals surface area (Å²) >= 11 is 0. The molecule has 228 valence electrons. The Balaban J connectivity index is 2.07. The van der Waals surface area contributed by atoms with Crippen LogP contribution in [0.2, 0.25) is 0 Å². The average molecular weight is 599 g/mol. The van der Waals surface area contributed by atoms with Crippen molar-refractivity contribution < 1.29 is 27.3 Å². The summed E-state index contributed by atoms with van der Waals surface area (Å²) < 4.78 is 40.3.